The van der Waals surface area contributed by atoms with Crippen LogP contribution in [0.2, 0.25) is 0 Å². The van der Waals surface area contributed by atoms with Crippen LogP contribution in [0, 0.1) is 0 Å². The van der Waals surface area contributed by atoms with E-state index in [1.54, 1.807) is 11.3 Å². The molecule has 1 atom stereocenters. The van der Waals surface area contributed by atoms with E-state index in [9.17, 15) is 9.59 Å². The average molecular weight is 385 g/mol. The van der Waals surface area contributed by atoms with Crippen molar-refractivity contribution in [3.8, 4) is 0 Å². The molecule has 1 aromatic carbocycles. The number of nitrogens with one attached hydrogen (secondary N) is 2. The lowest BCUT2D eigenvalue weighted by Crippen LogP contribution is -2.48. The monoisotopic (exact) mass is 384 g/mol. The van der Waals surface area contributed by atoms with Crippen LogP contribution in [0.25, 0.3) is 0 Å². The molecule has 2 aromatic rings. The largest absolute Gasteiger partial charge is 0.334 e. The van der Waals surface area contributed by atoms with Gasteiger partial charge >= 0.3 is 6.03 Å². The molecule has 1 aliphatic rings. The highest BCUT2D eigenvalue weighted by Crippen LogP contribution is 2.33. The van der Waals surface area contributed by atoms with Crippen molar-refractivity contribution in [1.82, 2.24) is 15.6 Å². The van der Waals surface area contributed by atoms with Gasteiger partial charge in [0.1, 0.15) is 6.54 Å². The van der Waals surface area contributed by atoms with Crippen molar-refractivity contribution in [2.75, 3.05) is 6.54 Å². The molecule has 0 saturated heterocycles. The Balaban J connectivity index is 1.74. The van der Waals surface area contributed by atoms with Crippen molar-refractivity contribution in [2.24, 2.45) is 5.10 Å². The minimum absolute atomic E-state index is 0.105. The van der Waals surface area contributed by atoms with Gasteiger partial charge in [-0.05, 0) is 37.8 Å². The summed E-state index contributed by atoms with van der Waals surface area (Å²) < 4.78 is 0. The summed E-state index contributed by atoms with van der Waals surface area (Å²) in [5, 5.41) is 13.5. The fourth-order valence-electron chi connectivity index (χ4n) is 2.89. The number of nitrogens with zero attached hydrogens (tertiary/aromatic N) is 2. The van der Waals surface area contributed by atoms with Crippen molar-refractivity contribution in [1.29, 1.82) is 0 Å². The Morgan fingerprint density at radius 3 is 2.56 bits per heavy atom. The molecule has 142 valence electrons. The van der Waals surface area contributed by atoms with E-state index >= 15 is 0 Å². The fourth-order valence-corrected chi connectivity index (χ4v) is 3.61. The van der Waals surface area contributed by atoms with E-state index in [0.29, 0.717) is 6.42 Å². The van der Waals surface area contributed by atoms with Crippen LogP contribution in [0.4, 0.5) is 4.79 Å². The molecule has 2 heterocycles. The van der Waals surface area contributed by atoms with Crippen molar-refractivity contribution in [2.45, 2.75) is 38.8 Å². The van der Waals surface area contributed by atoms with Crippen molar-refractivity contribution < 1.29 is 9.59 Å². The Kier molecular flexibility index (Phi) is 5.60. The molecule has 0 spiro atoms. The molecule has 0 saturated carbocycles. The normalized spacial score (nSPS) is 16.8. The molecule has 1 unspecified atom stereocenters. The Hall–Kier alpha value is -2.67. The zero-order valence-electron chi connectivity index (χ0n) is 15.7. The number of benzene rings is 1. The van der Waals surface area contributed by atoms with Crippen LogP contribution in [0.5, 0.6) is 0 Å². The van der Waals surface area contributed by atoms with E-state index in [4.69, 9.17) is 0 Å². The van der Waals surface area contributed by atoms with Crippen LogP contribution >= 0.6 is 11.3 Å². The first-order valence-corrected chi connectivity index (χ1v) is 9.76. The van der Waals surface area contributed by atoms with Gasteiger partial charge in [-0.1, -0.05) is 36.4 Å². The van der Waals surface area contributed by atoms with Crippen molar-refractivity contribution in [3.05, 3.63) is 58.3 Å². The van der Waals surface area contributed by atoms with Crippen LogP contribution in [-0.2, 0) is 4.79 Å². The molecule has 0 aliphatic carbocycles. The Morgan fingerprint density at radius 1 is 1.19 bits per heavy atom. The molecule has 7 heteroatoms. The van der Waals surface area contributed by atoms with Gasteiger partial charge < -0.3 is 10.6 Å². The summed E-state index contributed by atoms with van der Waals surface area (Å²) in [4.78, 5) is 25.8. The van der Waals surface area contributed by atoms with E-state index < -0.39 is 0 Å². The number of hydrogen-bond donors (Lipinski definition) is 2. The van der Waals surface area contributed by atoms with Gasteiger partial charge in [-0.2, -0.15) is 5.10 Å². The third kappa shape index (κ3) is 4.95. The maximum absolute atomic E-state index is 12.8. The molecule has 0 fully saturated rings. The maximum atomic E-state index is 12.8. The number of urea groups is 1. The number of thiophene rings is 1. The quantitative estimate of drug-likeness (QED) is 0.846. The topological polar surface area (TPSA) is 73.8 Å². The number of hydrogen-bond acceptors (Lipinski definition) is 4. The van der Waals surface area contributed by atoms with Gasteiger partial charge in [-0.3, -0.25) is 4.79 Å². The lowest BCUT2D eigenvalue weighted by Gasteiger charge is -2.23. The summed E-state index contributed by atoms with van der Waals surface area (Å²) in [5.74, 6) is -0.237. The molecule has 1 aromatic heterocycles. The van der Waals surface area contributed by atoms with Crippen molar-refractivity contribution >= 4 is 29.0 Å². The molecule has 0 bridgehead atoms. The molecule has 27 heavy (non-hydrogen) atoms. The molecule has 3 rings (SSSR count). The van der Waals surface area contributed by atoms with Gasteiger partial charge in [0.05, 0.1) is 16.6 Å². The van der Waals surface area contributed by atoms with E-state index in [0.717, 1.165) is 16.2 Å². The van der Waals surface area contributed by atoms with Gasteiger partial charge in [0.15, 0.2) is 0 Å². The van der Waals surface area contributed by atoms with Gasteiger partial charge in [-0.15, -0.1) is 11.3 Å². The van der Waals surface area contributed by atoms with E-state index in [1.165, 1.54) is 5.01 Å². The number of rotatable bonds is 4. The van der Waals surface area contributed by atoms with Gasteiger partial charge in [0.2, 0.25) is 0 Å². The lowest BCUT2D eigenvalue weighted by molar-refractivity contribution is -0.131. The minimum atomic E-state index is -0.367. The van der Waals surface area contributed by atoms with Crippen LogP contribution in [-0.4, -0.2) is 34.7 Å². The summed E-state index contributed by atoms with van der Waals surface area (Å²) in [6.07, 6.45) is 0.657. The van der Waals surface area contributed by atoms with E-state index in [2.05, 4.69) is 15.7 Å². The molecular weight excluding hydrogens is 360 g/mol. The molecule has 3 amide bonds. The number of amides is 3. The Labute approximate surface area is 163 Å². The number of carbonyl (C=O) groups excluding carboxylic acids is 2. The zero-order valence-corrected chi connectivity index (χ0v) is 16.5. The first-order valence-electron chi connectivity index (χ1n) is 8.88. The van der Waals surface area contributed by atoms with Crippen LogP contribution < -0.4 is 10.6 Å². The summed E-state index contributed by atoms with van der Waals surface area (Å²) in [6, 6.07) is 13.3. The second kappa shape index (κ2) is 7.92. The number of hydrazone groups is 1. The smallest absolute Gasteiger partial charge is 0.315 e. The fraction of sp³-hybridized carbons (Fsp3) is 0.350. The van der Waals surface area contributed by atoms with Gasteiger partial charge in [0.25, 0.3) is 5.91 Å². The van der Waals surface area contributed by atoms with E-state index in [1.807, 2.05) is 68.6 Å². The first-order chi connectivity index (χ1) is 12.8. The molecule has 0 radical (unpaired) electrons. The second-order valence-corrected chi connectivity index (χ2v) is 8.40. The van der Waals surface area contributed by atoms with Gasteiger partial charge in [0, 0.05) is 12.0 Å². The second-order valence-electron chi connectivity index (χ2n) is 7.45. The highest BCUT2D eigenvalue weighted by atomic mass is 32.1. The predicted molar refractivity (Wildman–Crippen MR) is 108 cm³/mol. The van der Waals surface area contributed by atoms with Crippen molar-refractivity contribution in [3.63, 3.8) is 0 Å². The lowest BCUT2D eigenvalue weighted by atomic mass is 10.0. The van der Waals surface area contributed by atoms with Crippen LogP contribution in [0.3, 0.4) is 0 Å². The minimum Gasteiger partial charge on any atom is -0.334 e. The number of carbonyl (C=O) groups is 2. The highest BCUT2D eigenvalue weighted by Gasteiger charge is 2.33. The zero-order chi connectivity index (χ0) is 19.4. The Bertz CT molecular complexity index is 825. The summed E-state index contributed by atoms with van der Waals surface area (Å²) in [6.45, 7) is 5.56. The van der Waals surface area contributed by atoms with Crippen LogP contribution in [0.15, 0.2) is 52.9 Å². The molecule has 1 aliphatic heterocycles. The standard InChI is InChI=1S/C20H24N4O2S/c1-20(2,3)22-19(26)21-13-18(25)24-16(14-8-5-4-6-9-14)12-15(23-24)17-10-7-11-27-17/h4-11,16H,12-13H2,1-3H3,(H2,21,22,26). The third-order valence-electron chi connectivity index (χ3n) is 4.04. The first kappa shape index (κ1) is 19.1. The maximum Gasteiger partial charge on any atom is 0.315 e. The SMILES string of the molecule is CC(C)(C)NC(=O)NCC(=O)N1N=C(c2cccs2)CC1c1ccccc1. The Morgan fingerprint density at radius 2 is 1.93 bits per heavy atom. The average Bonchev–Trinajstić information content (AvgIpc) is 3.28. The van der Waals surface area contributed by atoms with Crippen LogP contribution in [0.1, 0.15) is 43.7 Å². The predicted octanol–water partition coefficient (Wildman–Crippen LogP) is 3.52. The summed E-state index contributed by atoms with van der Waals surface area (Å²) in [5.41, 5.74) is 1.56. The van der Waals surface area contributed by atoms with Gasteiger partial charge in [-0.25, -0.2) is 9.80 Å². The molecular formula is C20H24N4O2S. The molecule has 2 N–H and O–H groups in total. The summed E-state index contributed by atoms with van der Waals surface area (Å²) >= 11 is 1.61. The summed E-state index contributed by atoms with van der Waals surface area (Å²) in [7, 11) is 0. The molecule has 6 nitrogen and oxygen atoms in total. The highest BCUT2D eigenvalue weighted by molar-refractivity contribution is 7.12. The van der Waals surface area contributed by atoms with E-state index in [-0.39, 0.29) is 30.1 Å². The third-order valence-corrected chi connectivity index (χ3v) is 4.96.